The van der Waals surface area contributed by atoms with Crippen molar-refractivity contribution >= 4 is 28.8 Å². The number of rotatable bonds is 9. The molecule has 1 aromatic heterocycles. The predicted molar refractivity (Wildman–Crippen MR) is 114 cm³/mol. The molecule has 8 heteroatoms. The molecule has 3 aromatic rings. The van der Waals surface area contributed by atoms with Gasteiger partial charge in [0, 0.05) is 19.5 Å². The van der Waals surface area contributed by atoms with E-state index >= 15 is 0 Å². The van der Waals surface area contributed by atoms with E-state index in [4.69, 9.17) is 25.8 Å². The van der Waals surface area contributed by atoms with Crippen molar-refractivity contribution in [3.63, 3.8) is 0 Å². The number of carbonyl (C=O) groups excluding carboxylic acids is 1. The van der Waals surface area contributed by atoms with E-state index < -0.39 is 0 Å². The number of amides is 1. The van der Waals surface area contributed by atoms with Crippen LogP contribution in [0.4, 0.5) is 0 Å². The average Bonchev–Trinajstić information content (AvgIpc) is 3.12. The Hall–Kier alpha value is -2.77. The summed E-state index contributed by atoms with van der Waals surface area (Å²) in [5.74, 6) is 1.86. The second-order valence-corrected chi connectivity index (χ2v) is 7.41. The maximum atomic E-state index is 10.9. The van der Waals surface area contributed by atoms with E-state index in [1.54, 1.807) is 24.4 Å². The van der Waals surface area contributed by atoms with E-state index in [0.29, 0.717) is 45.7 Å². The van der Waals surface area contributed by atoms with E-state index in [9.17, 15) is 4.79 Å². The summed E-state index contributed by atoms with van der Waals surface area (Å²) in [6.07, 6.45) is 2.37. The largest absolute Gasteiger partial charge is 0.494 e. The molecule has 0 aliphatic rings. The van der Waals surface area contributed by atoms with Crippen LogP contribution in [0.3, 0.4) is 0 Å². The normalized spacial score (nSPS) is 10.4. The first-order valence-corrected chi connectivity index (χ1v) is 10.3. The van der Waals surface area contributed by atoms with Crippen LogP contribution in [-0.4, -0.2) is 24.0 Å². The molecule has 0 spiro atoms. The first-order chi connectivity index (χ1) is 14.0. The summed E-state index contributed by atoms with van der Waals surface area (Å²) < 4.78 is 17.0. The Morgan fingerprint density at radius 3 is 2.59 bits per heavy atom. The lowest BCUT2D eigenvalue weighted by atomic mass is 10.1. The number of benzene rings is 2. The fourth-order valence-electron chi connectivity index (χ4n) is 2.48. The number of ether oxygens (including phenoxy) is 3. The van der Waals surface area contributed by atoms with Crippen LogP contribution in [0.25, 0.3) is 0 Å². The van der Waals surface area contributed by atoms with Crippen molar-refractivity contribution in [1.82, 2.24) is 10.3 Å². The Kier molecular flexibility index (Phi) is 7.32. The fraction of sp³-hybridized carbons (Fsp3) is 0.238. The number of halogens is 1. The van der Waals surface area contributed by atoms with Crippen molar-refractivity contribution < 1.29 is 19.0 Å². The Morgan fingerprint density at radius 1 is 1.14 bits per heavy atom. The van der Waals surface area contributed by atoms with E-state index in [0.717, 1.165) is 12.0 Å². The molecule has 1 N–H and O–H groups in total. The monoisotopic (exact) mass is 432 g/mol. The molecular formula is C21H21ClN2O4S. The summed E-state index contributed by atoms with van der Waals surface area (Å²) in [7, 11) is 0. The van der Waals surface area contributed by atoms with Crippen LogP contribution in [-0.2, 0) is 11.2 Å². The third-order valence-corrected chi connectivity index (χ3v) is 4.85. The van der Waals surface area contributed by atoms with Crippen LogP contribution < -0.4 is 19.5 Å². The molecule has 2 aromatic carbocycles. The topological polar surface area (TPSA) is 69.7 Å². The molecule has 0 fully saturated rings. The molecule has 152 valence electrons. The van der Waals surface area contributed by atoms with Crippen molar-refractivity contribution in [3.05, 3.63) is 59.2 Å². The van der Waals surface area contributed by atoms with Gasteiger partial charge in [-0.05, 0) is 54.5 Å². The number of aromatic nitrogens is 1. The van der Waals surface area contributed by atoms with Gasteiger partial charge in [0.15, 0.2) is 0 Å². The Balaban J connectivity index is 1.57. The molecule has 1 heterocycles. The SMILES string of the molecule is CCOc1ccc(Oc2ncc(Oc3ccc(CCNC(C)=O)cc3)s2)c(Cl)c1. The fourth-order valence-corrected chi connectivity index (χ4v) is 3.34. The second-order valence-electron chi connectivity index (χ2n) is 6.05. The smallest absolute Gasteiger partial charge is 0.282 e. The van der Waals surface area contributed by atoms with Crippen LogP contribution in [0.2, 0.25) is 5.02 Å². The zero-order valence-electron chi connectivity index (χ0n) is 16.1. The van der Waals surface area contributed by atoms with E-state index in [1.807, 2.05) is 31.2 Å². The Bertz CT molecular complexity index is 960. The number of thiazole rings is 1. The zero-order valence-corrected chi connectivity index (χ0v) is 17.7. The summed E-state index contributed by atoms with van der Waals surface area (Å²) in [5.41, 5.74) is 1.12. The highest BCUT2D eigenvalue weighted by atomic mass is 35.5. The van der Waals surface area contributed by atoms with Crippen molar-refractivity contribution in [1.29, 1.82) is 0 Å². The van der Waals surface area contributed by atoms with Crippen molar-refractivity contribution in [2.45, 2.75) is 20.3 Å². The Morgan fingerprint density at radius 2 is 1.90 bits per heavy atom. The highest BCUT2D eigenvalue weighted by Gasteiger charge is 2.10. The average molecular weight is 433 g/mol. The van der Waals surface area contributed by atoms with Gasteiger partial charge in [0.2, 0.25) is 11.0 Å². The molecule has 0 atom stereocenters. The first-order valence-electron chi connectivity index (χ1n) is 9.10. The molecule has 0 saturated heterocycles. The molecule has 0 unspecified atom stereocenters. The minimum absolute atomic E-state index is 0.0281. The van der Waals surface area contributed by atoms with E-state index in [1.165, 1.54) is 18.3 Å². The van der Waals surface area contributed by atoms with Crippen LogP contribution >= 0.6 is 22.9 Å². The van der Waals surface area contributed by atoms with Gasteiger partial charge in [-0.3, -0.25) is 4.79 Å². The van der Waals surface area contributed by atoms with Gasteiger partial charge in [0.25, 0.3) is 5.19 Å². The van der Waals surface area contributed by atoms with Gasteiger partial charge in [-0.1, -0.05) is 23.7 Å². The van der Waals surface area contributed by atoms with Gasteiger partial charge >= 0.3 is 0 Å². The minimum Gasteiger partial charge on any atom is -0.494 e. The summed E-state index contributed by atoms with van der Waals surface area (Å²) in [6.45, 7) is 4.60. The van der Waals surface area contributed by atoms with Gasteiger partial charge in [0.05, 0.1) is 17.8 Å². The molecule has 0 aliphatic heterocycles. The maximum Gasteiger partial charge on any atom is 0.282 e. The predicted octanol–water partition coefficient (Wildman–Crippen LogP) is 5.46. The van der Waals surface area contributed by atoms with Crippen molar-refractivity contribution in [3.8, 4) is 27.5 Å². The van der Waals surface area contributed by atoms with Crippen molar-refractivity contribution in [2.24, 2.45) is 0 Å². The molecule has 29 heavy (non-hydrogen) atoms. The summed E-state index contributed by atoms with van der Waals surface area (Å²) >= 11 is 7.51. The zero-order chi connectivity index (χ0) is 20.6. The van der Waals surface area contributed by atoms with Crippen LogP contribution in [0.1, 0.15) is 19.4 Å². The first kappa shape index (κ1) is 21.0. The van der Waals surface area contributed by atoms with Gasteiger partial charge in [-0.15, -0.1) is 0 Å². The van der Waals surface area contributed by atoms with Crippen LogP contribution in [0, 0.1) is 0 Å². The summed E-state index contributed by atoms with van der Waals surface area (Å²) in [4.78, 5) is 15.1. The number of nitrogens with zero attached hydrogens (tertiary/aromatic N) is 1. The lowest BCUT2D eigenvalue weighted by Gasteiger charge is -2.07. The molecule has 0 aliphatic carbocycles. The van der Waals surface area contributed by atoms with Gasteiger partial charge < -0.3 is 19.5 Å². The summed E-state index contributed by atoms with van der Waals surface area (Å²) in [6, 6.07) is 12.9. The van der Waals surface area contributed by atoms with Crippen LogP contribution in [0.15, 0.2) is 48.7 Å². The standard InChI is InChI=1S/C21H21ClN2O4S/c1-3-26-17-8-9-19(18(22)12-17)28-21-24-13-20(29-21)27-16-6-4-15(5-7-16)10-11-23-14(2)25/h4-9,12-13H,3,10-11H2,1-2H3,(H,23,25). The number of carbonyl (C=O) groups is 1. The van der Waals surface area contributed by atoms with Crippen molar-refractivity contribution in [2.75, 3.05) is 13.2 Å². The lowest BCUT2D eigenvalue weighted by Crippen LogP contribution is -2.22. The Labute approximate surface area is 178 Å². The third kappa shape index (κ3) is 6.37. The molecule has 0 saturated carbocycles. The summed E-state index contributed by atoms with van der Waals surface area (Å²) in [5, 5.41) is 4.26. The van der Waals surface area contributed by atoms with Gasteiger partial charge in [0.1, 0.15) is 17.2 Å². The van der Waals surface area contributed by atoms with E-state index in [-0.39, 0.29) is 5.91 Å². The molecule has 6 nitrogen and oxygen atoms in total. The maximum absolute atomic E-state index is 10.9. The quantitative estimate of drug-likeness (QED) is 0.486. The minimum atomic E-state index is -0.0281. The third-order valence-electron chi connectivity index (χ3n) is 3.80. The van der Waals surface area contributed by atoms with Gasteiger partial charge in [-0.2, -0.15) is 0 Å². The number of hydrogen-bond acceptors (Lipinski definition) is 6. The van der Waals surface area contributed by atoms with Crippen LogP contribution in [0.5, 0.6) is 27.5 Å². The highest BCUT2D eigenvalue weighted by Crippen LogP contribution is 2.37. The molecular weight excluding hydrogens is 412 g/mol. The number of hydrogen-bond donors (Lipinski definition) is 1. The van der Waals surface area contributed by atoms with Gasteiger partial charge in [-0.25, -0.2) is 4.98 Å². The molecule has 3 rings (SSSR count). The number of nitrogens with one attached hydrogen (secondary N) is 1. The second kappa shape index (κ2) is 10.1. The highest BCUT2D eigenvalue weighted by molar-refractivity contribution is 7.15. The van der Waals surface area contributed by atoms with E-state index in [2.05, 4.69) is 10.3 Å². The lowest BCUT2D eigenvalue weighted by molar-refractivity contribution is -0.118. The molecule has 1 amide bonds. The molecule has 0 radical (unpaired) electrons. The molecule has 0 bridgehead atoms.